The molecule has 2 N–H and O–H groups in total. The average Bonchev–Trinajstić information content (AvgIpc) is 2.77. The number of carbonyl (C=O) groups is 1. The number of nitrogens with zero attached hydrogens (tertiary/aromatic N) is 5. The Bertz CT molecular complexity index is 440. The number of thioether (sulfide) groups is 1. The van der Waals surface area contributed by atoms with Crippen LogP contribution in [0.1, 0.15) is 5.82 Å². The zero-order valence-corrected chi connectivity index (χ0v) is 12.2. The first kappa shape index (κ1) is 14.3. The van der Waals surface area contributed by atoms with Crippen molar-refractivity contribution in [2.45, 2.75) is 11.7 Å². The van der Waals surface area contributed by atoms with Gasteiger partial charge in [0.25, 0.3) is 0 Å². The van der Waals surface area contributed by atoms with Gasteiger partial charge in [-0.3, -0.25) is 4.79 Å². The Hall–Kier alpha value is -1.12. The van der Waals surface area contributed by atoms with Crippen molar-refractivity contribution in [1.82, 2.24) is 24.6 Å². The molecule has 1 fully saturated rings. The van der Waals surface area contributed by atoms with Crippen LogP contribution < -0.4 is 5.73 Å². The van der Waals surface area contributed by atoms with Crippen molar-refractivity contribution in [2.24, 2.45) is 12.8 Å². The molecule has 19 heavy (non-hydrogen) atoms. The maximum atomic E-state index is 12.1. The summed E-state index contributed by atoms with van der Waals surface area (Å²) < 4.78 is 1.84. The second-order valence-electron chi connectivity index (χ2n) is 4.63. The number of aromatic nitrogens is 3. The first-order valence-corrected chi connectivity index (χ1v) is 7.28. The van der Waals surface area contributed by atoms with Crippen LogP contribution in [0.3, 0.4) is 0 Å². The lowest BCUT2D eigenvalue weighted by Gasteiger charge is -2.32. The molecule has 2 rings (SSSR count). The predicted octanol–water partition coefficient (Wildman–Crippen LogP) is -0.860. The molecule has 7 nitrogen and oxygen atoms in total. The highest BCUT2D eigenvalue weighted by atomic mass is 32.2. The van der Waals surface area contributed by atoms with Crippen molar-refractivity contribution in [1.29, 1.82) is 0 Å². The number of likely N-dealkylation sites (N-methyl/N-ethyl adjacent to an activating group) is 1. The molecule has 1 aliphatic rings. The van der Waals surface area contributed by atoms with Gasteiger partial charge in [0.15, 0.2) is 5.16 Å². The molecule has 1 saturated heterocycles. The van der Waals surface area contributed by atoms with Gasteiger partial charge >= 0.3 is 0 Å². The van der Waals surface area contributed by atoms with E-state index in [9.17, 15) is 4.79 Å². The smallest absolute Gasteiger partial charge is 0.233 e. The van der Waals surface area contributed by atoms with E-state index in [1.807, 2.05) is 16.5 Å². The van der Waals surface area contributed by atoms with E-state index >= 15 is 0 Å². The predicted molar refractivity (Wildman–Crippen MR) is 73.7 cm³/mol. The summed E-state index contributed by atoms with van der Waals surface area (Å²) in [7, 11) is 3.94. The Balaban J connectivity index is 1.84. The van der Waals surface area contributed by atoms with Crippen LogP contribution in [0.4, 0.5) is 0 Å². The van der Waals surface area contributed by atoms with Gasteiger partial charge in [-0.15, -0.1) is 10.2 Å². The van der Waals surface area contributed by atoms with Crippen LogP contribution in [0, 0.1) is 0 Å². The highest BCUT2D eigenvalue weighted by molar-refractivity contribution is 7.99. The number of hydrogen-bond acceptors (Lipinski definition) is 6. The van der Waals surface area contributed by atoms with E-state index in [-0.39, 0.29) is 5.91 Å². The molecule has 0 bridgehead atoms. The van der Waals surface area contributed by atoms with Gasteiger partial charge in [-0.05, 0) is 7.05 Å². The zero-order chi connectivity index (χ0) is 13.8. The van der Waals surface area contributed by atoms with Gasteiger partial charge < -0.3 is 20.1 Å². The quantitative estimate of drug-likeness (QED) is 0.725. The second-order valence-corrected chi connectivity index (χ2v) is 5.58. The third-order valence-corrected chi connectivity index (χ3v) is 4.29. The number of hydrogen-bond donors (Lipinski definition) is 1. The minimum atomic E-state index is 0.162. The van der Waals surface area contributed by atoms with Gasteiger partial charge in [-0.2, -0.15) is 0 Å². The minimum Gasteiger partial charge on any atom is -0.339 e. The van der Waals surface area contributed by atoms with Gasteiger partial charge in [-0.25, -0.2) is 0 Å². The largest absolute Gasteiger partial charge is 0.339 e. The van der Waals surface area contributed by atoms with Crippen LogP contribution in [0.25, 0.3) is 0 Å². The Labute approximate surface area is 117 Å². The van der Waals surface area contributed by atoms with E-state index < -0.39 is 0 Å². The Kier molecular flexibility index (Phi) is 4.78. The fraction of sp³-hybridized carbons (Fsp3) is 0.727. The molecule has 1 aliphatic heterocycles. The standard InChI is InChI=1S/C11H20N6OS/c1-15-3-5-17(6-4-15)10(18)8-19-11-14-13-9(7-12)16(11)2/h3-8,12H2,1-2H3. The van der Waals surface area contributed by atoms with Gasteiger partial charge in [0.05, 0.1) is 12.3 Å². The van der Waals surface area contributed by atoms with Crippen LogP contribution in [0.5, 0.6) is 0 Å². The molecule has 0 atom stereocenters. The van der Waals surface area contributed by atoms with Crippen molar-refractivity contribution < 1.29 is 4.79 Å². The van der Waals surface area contributed by atoms with E-state index in [0.717, 1.165) is 37.2 Å². The van der Waals surface area contributed by atoms with Gasteiger partial charge in [-0.1, -0.05) is 11.8 Å². The highest BCUT2D eigenvalue weighted by Crippen LogP contribution is 2.16. The molecule has 106 valence electrons. The molecule has 8 heteroatoms. The first-order chi connectivity index (χ1) is 9.11. The van der Waals surface area contributed by atoms with Crippen LogP contribution in [0.2, 0.25) is 0 Å². The Morgan fingerprint density at radius 2 is 1.95 bits per heavy atom. The lowest BCUT2D eigenvalue weighted by atomic mass is 10.3. The topological polar surface area (TPSA) is 80.3 Å². The Morgan fingerprint density at radius 3 is 2.53 bits per heavy atom. The maximum absolute atomic E-state index is 12.1. The molecule has 1 aromatic heterocycles. The number of amides is 1. The fourth-order valence-corrected chi connectivity index (χ4v) is 2.75. The molecule has 0 unspecified atom stereocenters. The zero-order valence-electron chi connectivity index (χ0n) is 11.4. The van der Waals surface area contributed by atoms with Crippen LogP contribution in [-0.4, -0.2) is 69.5 Å². The molecule has 0 spiro atoms. The Morgan fingerprint density at radius 1 is 1.26 bits per heavy atom. The van der Waals surface area contributed by atoms with E-state index in [1.54, 1.807) is 0 Å². The summed E-state index contributed by atoms with van der Waals surface area (Å²) in [6.45, 7) is 3.86. The molecule has 1 aromatic rings. The molecule has 0 saturated carbocycles. The molecular formula is C11H20N6OS. The van der Waals surface area contributed by atoms with Crippen LogP contribution in [0.15, 0.2) is 5.16 Å². The first-order valence-electron chi connectivity index (χ1n) is 6.29. The van der Waals surface area contributed by atoms with Crippen molar-refractivity contribution in [2.75, 3.05) is 39.0 Å². The molecule has 0 radical (unpaired) electrons. The molecule has 0 aliphatic carbocycles. The monoisotopic (exact) mass is 284 g/mol. The molecular weight excluding hydrogens is 264 g/mol. The van der Waals surface area contributed by atoms with Gasteiger partial charge in [0.2, 0.25) is 5.91 Å². The molecule has 1 amide bonds. The lowest BCUT2D eigenvalue weighted by Crippen LogP contribution is -2.47. The number of rotatable bonds is 4. The van der Waals surface area contributed by atoms with Crippen LogP contribution in [-0.2, 0) is 18.4 Å². The average molecular weight is 284 g/mol. The van der Waals surface area contributed by atoms with Crippen molar-refractivity contribution in [3.05, 3.63) is 5.82 Å². The fourth-order valence-electron chi connectivity index (χ4n) is 1.92. The summed E-state index contributed by atoms with van der Waals surface area (Å²) in [4.78, 5) is 16.2. The third kappa shape index (κ3) is 3.46. The summed E-state index contributed by atoms with van der Waals surface area (Å²) in [6, 6.07) is 0. The van der Waals surface area contributed by atoms with Crippen molar-refractivity contribution in [3.8, 4) is 0 Å². The normalized spacial score (nSPS) is 16.9. The third-order valence-electron chi connectivity index (χ3n) is 3.29. The van der Waals surface area contributed by atoms with E-state index in [2.05, 4.69) is 22.1 Å². The molecule has 2 heterocycles. The van der Waals surface area contributed by atoms with E-state index in [0.29, 0.717) is 12.3 Å². The van der Waals surface area contributed by atoms with Gasteiger partial charge in [0.1, 0.15) is 5.82 Å². The summed E-state index contributed by atoms with van der Waals surface area (Å²) >= 11 is 1.41. The second kappa shape index (κ2) is 6.36. The number of carbonyl (C=O) groups excluding carboxylic acids is 1. The van der Waals surface area contributed by atoms with E-state index in [1.165, 1.54) is 11.8 Å². The summed E-state index contributed by atoms with van der Waals surface area (Å²) in [6.07, 6.45) is 0. The van der Waals surface area contributed by atoms with Crippen molar-refractivity contribution in [3.63, 3.8) is 0 Å². The van der Waals surface area contributed by atoms with E-state index in [4.69, 9.17) is 5.73 Å². The van der Waals surface area contributed by atoms with Gasteiger partial charge in [0, 0.05) is 33.2 Å². The van der Waals surface area contributed by atoms with Crippen molar-refractivity contribution >= 4 is 17.7 Å². The molecule has 0 aromatic carbocycles. The number of nitrogens with two attached hydrogens (primary N) is 1. The summed E-state index contributed by atoms with van der Waals surface area (Å²) in [5.74, 6) is 1.30. The highest BCUT2D eigenvalue weighted by Gasteiger charge is 2.19. The maximum Gasteiger partial charge on any atom is 0.233 e. The minimum absolute atomic E-state index is 0.162. The summed E-state index contributed by atoms with van der Waals surface area (Å²) in [5, 5.41) is 8.74. The SMILES string of the molecule is CN1CCN(C(=O)CSc2nnc(CN)n2C)CC1. The van der Waals surface area contributed by atoms with Crippen LogP contribution >= 0.6 is 11.8 Å². The summed E-state index contributed by atoms with van der Waals surface area (Å²) in [5.41, 5.74) is 5.54. The lowest BCUT2D eigenvalue weighted by molar-refractivity contribution is -0.129. The number of piperazine rings is 1.